The van der Waals surface area contributed by atoms with E-state index in [-0.39, 0.29) is 17.9 Å². The molecule has 0 unspecified atom stereocenters. The third-order valence-corrected chi connectivity index (χ3v) is 7.16. The van der Waals surface area contributed by atoms with Crippen LogP contribution in [-0.4, -0.2) is 17.7 Å². The Morgan fingerprint density at radius 2 is 0.811 bits per heavy atom. The maximum absolute atomic E-state index is 12.0. The third kappa shape index (κ3) is 26.3. The molecule has 0 aliphatic rings. The lowest BCUT2D eigenvalue weighted by molar-refractivity contribution is -0.218. The Kier molecular flexibility index (Phi) is 24.5. The van der Waals surface area contributed by atoms with E-state index in [0.717, 1.165) is 12.8 Å². The van der Waals surface area contributed by atoms with Crippen molar-refractivity contribution in [3.63, 3.8) is 0 Å². The Hall–Kier alpha value is -1.06. The Bertz CT molecular complexity index is 526. The summed E-state index contributed by atoms with van der Waals surface area (Å²) in [6.45, 7) is 9.05. The van der Waals surface area contributed by atoms with Crippen LogP contribution in [0.1, 0.15) is 189 Å². The number of hydrogen-bond acceptors (Lipinski definition) is 4. The zero-order valence-electron chi connectivity index (χ0n) is 25.7. The first-order valence-electron chi connectivity index (χ1n) is 16.2. The van der Waals surface area contributed by atoms with Gasteiger partial charge in [0.05, 0.1) is 5.92 Å². The molecule has 0 spiro atoms. The van der Waals surface area contributed by atoms with E-state index in [1.165, 1.54) is 135 Å². The summed E-state index contributed by atoms with van der Waals surface area (Å²) in [4.78, 5) is 23.7. The molecule has 0 saturated carbocycles. The van der Waals surface area contributed by atoms with Crippen molar-refractivity contribution >= 4 is 11.9 Å². The summed E-state index contributed by atoms with van der Waals surface area (Å²) in [5.41, 5.74) is 0. The number of esters is 2. The van der Waals surface area contributed by atoms with Gasteiger partial charge in [-0.15, -0.1) is 0 Å². The molecule has 0 aliphatic heterocycles. The van der Waals surface area contributed by atoms with Crippen LogP contribution >= 0.6 is 0 Å². The standard InChI is InChI=1S/C33H64O4/c1-6-7-8-9-10-11-12-13-14-15-16-17-18-19-20-21-22-23-24-25-26-27-28-29-31(34)36-33(4,5)37-32(35)30(2)3/h30H,6-29H2,1-5H3. The highest BCUT2D eigenvalue weighted by molar-refractivity contribution is 5.73. The van der Waals surface area contributed by atoms with Crippen LogP contribution in [0.5, 0.6) is 0 Å². The van der Waals surface area contributed by atoms with Crippen LogP contribution in [0.25, 0.3) is 0 Å². The number of carbonyl (C=O) groups is 2. The first-order chi connectivity index (χ1) is 17.8. The SMILES string of the molecule is CCCCCCCCCCCCCCCCCCCCCCCCCC(=O)OC(C)(C)OC(=O)C(C)C. The van der Waals surface area contributed by atoms with E-state index in [0.29, 0.717) is 6.42 Å². The molecule has 0 heterocycles. The van der Waals surface area contributed by atoms with Crippen molar-refractivity contribution in [3.05, 3.63) is 0 Å². The topological polar surface area (TPSA) is 52.6 Å². The molecular formula is C33H64O4. The first-order valence-corrected chi connectivity index (χ1v) is 16.2. The zero-order chi connectivity index (χ0) is 27.6. The van der Waals surface area contributed by atoms with Crippen molar-refractivity contribution < 1.29 is 19.1 Å². The van der Waals surface area contributed by atoms with Gasteiger partial charge >= 0.3 is 11.9 Å². The lowest BCUT2D eigenvalue weighted by Gasteiger charge is -2.25. The number of unbranched alkanes of at least 4 members (excludes halogenated alkanes) is 22. The molecule has 0 saturated heterocycles. The highest BCUT2D eigenvalue weighted by atomic mass is 16.7. The lowest BCUT2D eigenvalue weighted by atomic mass is 10.0. The maximum Gasteiger partial charge on any atom is 0.311 e. The van der Waals surface area contributed by atoms with Crippen LogP contribution in [0.2, 0.25) is 0 Å². The molecule has 0 aromatic rings. The van der Waals surface area contributed by atoms with Gasteiger partial charge in [0.2, 0.25) is 0 Å². The summed E-state index contributed by atoms with van der Waals surface area (Å²) in [5, 5.41) is 0. The molecule has 0 aromatic heterocycles. The molecule has 220 valence electrons. The second kappa shape index (κ2) is 25.2. The van der Waals surface area contributed by atoms with Crippen LogP contribution < -0.4 is 0 Å². The molecule has 0 fully saturated rings. The highest BCUT2D eigenvalue weighted by Crippen LogP contribution is 2.18. The van der Waals surface area contributed by atoms with E-state index in [1.54, 1.807) is 27.7 Å². The molecule has 0 bridgehead atoms. The summed E-state index contributed by atoms with van der Waals surface area (Å²) in [6.07, 6.45) is 31.7. The smallest absolute Gasteiger partial charge is 0.311 e. The van der Waals surface area contributed by atoms with E-state index in [4.69, 9.17) is 9.47 Å². The predicted octanol–water partition coefficient (Wildman–Crippen LogP) is 10.8. The fourth-order valence-corrected chi connectivity index (χ4v) is 4.76. The highest BCUT2D eigenvalue weighted by Gasteiger charge is 2.28. The molecule has 0 N–H and O–H groups in total. The van der Waals surface area contributed by atoms with Gasteiger partial charge in [-0.2, -0.15) is 0 Å². The molecule has 37 heavy (non-hydrogen) atoms. The zero-order valence-corrected chi connectivity index (χ0v) is 25.7. The quantitative estimate of drug-likeness (QED) is 0.0609. The summed E-state index contributed by atoms with van der Waals surface area (Å²) in [6, 6.07) is 0. The molecule has 0 amide bonds. The van der Waals surface area contributed by atoms with Gasteiger partial charge in [-0.25, -0.2) is 0 Å². The van der Waals surface area contributed by atoms with Crippen molar-refractivity contribution in [2.45, 2.75) is 195 Å². The van der Waals surface area contributed by atoms with E-state index in [9.17, 15) is 9.59 Å². The minimum atomic E-state index is -1.19. The van der Waals surface area contributed by atoms with Crippen molar-refractivity contribution in [1.29, 1.82) is 0 Å². The van der Waals surface area contributed by atoms with Crippen LogP contribution in [0, 0.1) is 5.92 Å². The monoisotopic (exact) mass is 524 g/mol. The van der Waals surface area contributed by atoms with Gasteiger partial charge in [-0.3, -0.25) is 9.59 Å². The van der Waals surface area contributed by atoms with E-state index in [1.807, 2.05) is 0 Å². The molecule has 0 atom stereocenters. The van der Waals surface area contributed by atoms with Crippen LogP contribution in [0.3, 0.4) is 0 Å². The molecule has 4 heteroatoms. The first kappa shape index (κ1) is 35.9. The fourth-order valence-electron chi connectivity index (χ4n) is 4.76. The van der Waals surface area contributed by atoms with Crippen molar-refractivity contribution in [2.75, 3.05) is 0 Å². The second-order valence-corrected chi connectivity index (χ2v) is 12.0. The van der Waals surface area contributed by atoms with Crippen LogP contribution in [0.15, 0.2) is 0 Å². The number of hydrogen-bond donors (Lipinski definition) is 0. The van der Waals surface area contributed by atoms with E-state index in [2.05, 4.69) is 6.92 Å². The Balaban J connectivity index is 3.30. The molecule has 0 aromatic carbocycles. The fraction of sp³-hybridized carbons (Fsp3) is 0.939. The third-order valence-electron chi connectivity index (χ3n) is 7.16. The average Bonchev–Trinajstić information content (AvgIpc) is 2.83. The summed E-state index contributed by atoms with van der Waals surface area (Å²) in [7, 11) is 0. The normalized spacial score (nSPS) is 11.7. The maximum atomic E-state index is 12.0. The van der Waals surface area contributed by atoms with Gasteiger partial charge in [-0.05, 0) is 6.42 Å². The van der Waals surface area contributed by atoms with Crippen molar-refractivity contribution in [2.24, 2.45) is 5.92 Å². The van der Waals surface area contributed by atoms with Crippen molar-refractivity contribution in [3.8, 4) is 0 Å². The van der Waals surface area contributed by atoms with E-state index >= 15 is 0 Å². The summed E-state index contributed by atoms with van der Waals surface area (Å²) in [5.74, 6) is -2.06. The molecule has 0 radical (unpaired) electrons. The minimum absolute atomic E-state index is 0.234. The summed E-state index contributed by atoms with van der Waals surface area (Å²) >= 11 is 0. The average molecular weight is 525 g/mol. The number of carbonyl (C=O) groups excluding carboxylic acids is 2. The lowest BCUT2D eigenvalue weighted by Crippen LogP contribution is -2.35. The molecule has 0 rings (SSSR count). The Morgan fingerprint density at radius 3 is 1.11 bits per heavy atom. The second-order valence-electron chi connectivity index (χ2n) is 12.0. The van der Waals surface area contributed by atoms with Gasteiger partial charge in [0, 0.05) is 20.3 Å². The summed E-state index contributed by atoms with van der Waals surface area (Å²) < 4.78 is 10.6. The Labute approximate surface area is 231 Å². The van der Waals surface area contributed by atoms with Gasteiger partial charge in [0.15, 0.2) is 0 Å². The number of rotatable bonds is 27. The van der Waals surface area contributed by atoms with Gasteiger partial charge in [0.25, 0.3) is 5.79 Å². The van der Waals surface area contributed by atoms with Gasteiger partial charge < -0.3 is 9.47 Å². The minimum Gasteiger partial charge on any atom is -0.423 e. The number of ether oxygens (including phenoxy) is 2. The van der Waals surface area contributed by atoms with Crippen molar-refractivity contribution in [1.82, 2.24) is 0 Å². The molecule has 0 aliphatic carbocycles. The van der Waals surface area contributed by atoms with E-state index < -0.39 is 5.79 Å². The largest absolute Gasteiger partial charge is 0.423 e. The Morgan fingerprint density at radius 1 is 0.514 bits per heavy atom. The van der Waals surface area contributed by atoms with Crippen LogP contribution in [0.4, 0.5) is 0 Å². The van der Waals surface area contributed by atoms with Crippen LogP contribution in [-0.2, 0) is 19.1 Å². The van der Waals surface area contributed by atoms with Gasteiger partial charge in [0.1, 0.15) is 0 Å². The van der Waals surface area contributed by atoms with Gasteiger partial charge in [-0.1, -0.05) is 162 Å². The molecular weight excluding hydrogens is 460 g/mol. The predicted molar refractivity (Wildman–Crippen MR) is 158 cm³/mol. The molecule has 4 nitrogen and oxygen atoms in total.